The monoisotopic (exact) mass is 548 g/mol. The third-order valence-electron chi connectivity index (χ3n) is 9.69. The van der Waals surface area contributed by atoms with Gasteiger partial charge in [0.2, 0.25) is 8.32 Å². The lowest BCUT2D eigenvalue weighted by atomic mass is 9.81. The normalized spacial score (nSPS) is 19.0. The lowest BCUT2D eigenvalue weighted by molar-refractivity contribution is -0.0190. The lowest BCUT2D eigenvalue weighted by Gasteiger charge is -2.58. The van der Waals surface area contributed by atoms with Gasteiger partial charge in [0.05, 0.1) is 18.9 Å². The van der Waals surface area contributed by atoms with Crippen LogP contribution in [-0.2, 0) is 13.3 Å². The van der Waals surface area contributed by atoms with Crippen molar-refractivity contribution in [2.45, 2.75) is 174 Å². The van der Waals surface area contributed by atoms with Gasteiger partial charge in [-0.2, -0.15) is 0 Å². The highest BCUT2D eigenvalue weighted by molar-refractivity contribution is 6.79. The molecule has 206 valence electrons. The minimum absolute atomic E-state index is 0.00731. The SMILES string of the molecule is CCC(C)(O[Si](C)(C)C(CC)(CC)O[Si](C)(C)C)C(CC)(CC)[SiH](C)OC(C)(CC)[Si](C)(C)C. The van der Waals surface area contributed by atoms with Crippen molar-refractivity contribution in [1.82, 2.24) is 0 Å². The van der Waals surface area contributed by atoms with Crippen molar-refractivity contribution < 1.29 is 13.3 Å². The fourth-order valence-electron chi connectivity index (χ4n) is 6.43. The fourth-order valence-corrected chi connectivity index (χ4v) is 19.7. The summed E-state index contributed by atoms with van der Waals surface area (Å²) in [5.41, 5.74) is -0.218. The largest absolute Gasteiger partial charge is 0.417 e. The molecule has 0 aromatic heterocycles. The second-order valence-electron chi connectivity index (χ2n) is 13.6. The molecule has 0 aliphatic heterocycles. The Morgan fingerprint density at radius 2 is 1.06 bits per heavy atom. The Kier molecular flexibility index (Phi) is 12.3. The smallest absolute Gasteiger partial charge is 0.217 e. The molecule has 0 heterocycles. The van der Waals surface area contributed by atoms with Gasteiger partial charge < -0.3 is 13.3 Å². The van der Waals surface area contributed by atoms with E-state index in [2.05, 4.69) is 114 Å². The molecule has 0 amide bonds. The van der Waals surface area contributed by atoms with Crippen molar-refractivity contribution in [2.24, 2.45) is 0 Å². The average Bonchev–Trinajstić information content (AvgIpc) is 2.70. The third-order valence-corrected chi connectivity index (χ3v) is 22.6. The van der Waals surface area contributed by atoms with Gasteiger partial charge in [0.25, 0.3) is 0 Å². The molecule has 34 heavy (non-hydrogen) atoms. The standard InChI is InChI=1S/C27H64O3Si4/c1-18-24(7,29-34(16,17)27(22-5,23-6)30-33(13,14)15)26(20-3,21-4)31(9)28-25(8,19-2)32(10,11)12/h31H,18-23H2,1-17H3. The van der Waals surface area contributed by atoms with Crippen molar-refractivity contribution in [2.75, 3.05) is 0 Å². The molecule has 0 bridgehead atoms. The van der Waals surface area contributed by atoms with E-state index in [1.165, 1.54) is 0 Å². The van der Waals surface area contributed by atoms with Gasteiger partial charge in [0, 0.05) is 10.3 Å². The summed E-state index contributed by atoms with van der Waals surface area (Å²) in [5.74, 6) is 0. The predicted octanol–water partition coefficient (Wildman–Crippen LogP) is 9.30. The molecule has 3 atom stereocenters. The molecule has 0 N–H and O–H groups in total. The molecule has 3 nitrogen and oxygen atoms in total. The topological polar surface area (TPSA) is 27.7 Å². The lowest BCUT2D eigenvalue weighted by Crippen LogP contribution is -2.66. The molecular formula is C27H64O3Si4. The van der Waals surface area contributed by atoms with E-state index in [0.717, 1.165) is 38.5 Å². The zero-order valence-corrected chi connectivity index (χ0v) is 30.7. The van der Waals surface area contributed by atoms with E-state index < -0.39 is 33.7 Å². The maximum Gasteiger partial charge on any atom is 0.217 e. The second kappa shape index (κ2) is 12.1. The van der Waals surface area contributed by atoms with Gasteiger partial charge >= 0.3 is 0 Å². The maximum absolute atomic E-state index is 7.57. The molecule has 7 heteroatoms. The summed E-state index contributed by atoms with van der Waals surface area (Å²) >= 11 is 0. The highest BCUT2D eigenvalue weighted by Crippen LogP contribution is 2.55. The molecule has 0 radical (unpaired) electrons. The van der Waals surface area contributed by atoms with Crippen LogP contribution in [0.2, 0.25) is 64.0 Å². The molecule has 0 spiro atoms. The fraction of sp³-hybridized carbons (Fsp3) is 1.00. The van der Waals surface area contributed by atoms with Crippen LogP contribution in [0, 0.1) is 0 Å². The summed E-state index contributed by atoms with van der Waals surface area (Å²) in [6.45, 7) is 40.5. The Balaban J connectivity index is 6.60. The summed E-state index contributed by atoms with van der Waals surface area (Å²) in [5, 5.41) is -0.0646. The van der Waals surface area contributed by atoms with Gasteiger partial charge in [-0.15, -0.1) is 0 Å². The molecule has 0 aliphatic carbocycles. The number of rotatable bonds is 16. The van der Waals surface area contributed by atoms with Gasteiger partial charge in [-0.3, -0.25) is 0 Å². The number of hydrogen-bond acceptors (Lipinski definition) is 3. The van der Waals surface area contributed by atoms with E-state index >= 15 is 0 Å². The first-order valence-electron chi connectivity index (χ1n) is 14.2. The molecular weight excluding hydrogens is 485 g/mol. The Hall–Kier alpha value is 0.748. The zero-order chi connectivity index (χ0) is 27.4. The molecule has 0 fully saturated rings. The Morgan fingerprint density at radius 1 is 0.618 bits per heavy atom. The Labute approximate surface area is 220 Å². The van der Waals surface area contributed by atoms with Crippen LogP contribution in [0.5, 0.6) is 0 Å². The average molecular weight is 549 g/mol. The van der Waals surface area contributed by atoms with E-state index in [1.807, 2.05) is 0 Å². The molecule has 3 unspecified atom stereocenters. The van der Waals surface area contributed by atoms with E-state index in [9.17, 15) is 0 Å². The van der Waals surface area contributed by atoms with Crippen LogP contribution in [0.1, 0.15) is 93.9 Å². The van der Waals surface area contributed by atoms with Crippen molar-refractivity contribution in [1.29, 1.82) is 0 Å². The van der Waals surface area contributed by atoms with E-state index in [-0.39, 0.29) is 21.1 Å². The molecule has 0 aliphatic rings. The van der Waals surface area contributed by atoms with Gasteiger partial charge in [0.1, 0.15) is 0 Å². The van der Waals surface area contributed by atoms with Crippen molar-refractivity contribution in [3.8, 4) is 0 Å². The van der Waals surface area contributed by atoms with E-state index in [4.69, 9.17) is 13.3 Å². The highest BCUT2D eigenvalue weighted by atomic mass is 28.4. The molecule has 0 rings (SSSR count). The van der Waals surface area contributed by atoms with Crippen LogP contribution < -0.4 is 0 Å². The Morgan fingerprint density at radius 3 is 1.32 bits per heavy atom. The van der Waals surface area contributed by atoms with Crippen LogP contribution in [-0.4, -0.2) is 49.8 Å². The van der Waals surface area contributed by atoms with Crippen LogP contribution in [0.3, 0.4) is 0 Å². The van der Waals surface area contributed by atoms with Crippen LogP contribution in [0.4, 0.5) is 0 Å². The molecule has 0 aromatic rings. The third kappa shape index (κ3) is 6.98. The Bertz CT molecular complexity index is 618. The highest BCUT2D eigenvalue weighted by Gasteiger charge is 2.58. The van der Waals surface area contributed by atoms with Crippen LogP contribution in [0.15, 0.2) is 0 Å². The summed E-state index contributed by atoms with van der Waals surface area (Å²) in [7, 11) is -7.12. The van der Waals surface area contributed by atoms with Crippen LogP contribution >= 0.6 is 0 Å². The predicted molar refractivity (Wildman–Crippen MR) is 164 cm³/mol. The van der Waals surface area contributed by atoms with Gasteiger partial charge in [-0.05, 0) is 91.7 Å². The minimum atomic E-state index is -2.25. The zero-order valence-electron chi connectivity index (χ0n) is 26.5. The minimum Gasteiger partial charge on any atom is -0.417 e. The first-order chi connectivity index (χ1) is 15.2. The van der Waals surface area contributed by atoms with Gasteiger partial charge in [-0.1, -0.05) is 61.2 Å². The summed E-state index contributed by atoms with van der Waals surface area (Å²) in [6.07, 6.45) is 6.36. The summed E-state index contributed by atoms with van der Waals surface area (Å²) < 4.78 is 21.9. The van der Waals surface area contributed by atoms with Gasteiger partial charge in [0.15, 0.2) is 17.4 Å². The summed E-state index contributed by atoms with van der Waals surface area (Å²) in [6, 6.07) is 0. The van der Waals surface area contributed by atoms with E-state index in [1.54, 1.807) is 0 Å². The van der Waals surface area contributed by atoms with E-state index in [0.29, 0.717) is 0 Å². The quantitative estimate of drug-likeness (QED) is 0.180. The van der Waals surface area contributed by atoms with Crippen molar-refractivity contribution in [3.63, 3.8) is 0 Å². The van der Waals surface area contributed by atoms with Crippen LogP contribution in [0.25, 0.3) is 0 Å². The van der Waals surface area contributed by atoms with Crippen molar-refractivity contribution >= 4 is 33.7 Å². The molecule has 0 saturated carbocycles. The maximum atomic E-state index is 7.57. The van der Waals surface area contributed by atoms with Crippen molar-refractivity contribution in [3.05, 3.63) is 0 Å². The first kappa shape index (κ1) is 34.7. The number of hydrogen-bond donors (Lipinski definition) is 0. The first-order valence-corrected chi connectivity index (χ1v) is 26.3. The molecule has 0 aromatic carbocycles. The summed E-state index contributed by atoms with van der Waals surface area (Å²) in [4.78, 5) is 0. The molecule has 0 saturated heterocycles. The second-order valence-corrected chi connectivity index (χ2v) is 30.3. The van der Waals surface area contributed by atoms with Gasteiger partial charge in [-0.25, -0.2) is 0 Å².